The van der Waals surface area contributed by atoms with Crippen LogP contribution in [-0.2, 0) is 14.3 Å². The van der Waals surface area contributed by atoms with Crippen molar-refractivity contribution in [2.45, 2.75) is 26.7 Å². The Morgan fingerprint density at radius 2 is 1.95 bits per heavy atom. The van der Waals surface area contributed by atoms with Crippen molar-refractivity contribution in [2.75, 3.05) is 25.5 Å². The number of esters is 1. The lowest BCUT2D eigenvalue weighted by molar-refractivity contribution is -0.132. The highest BCUT2D eigenvalue weighted by Gasteiger charge is 2.27. The van der Waals surface area contributed by atoms with Gasteiger partial charge in [-0.25, -0.2) is 9.78 Å². The zero-order chi connectivity index (χ0) is 16.3. The number of carbonyl (C=O) groups is 3. The van der Waals surface area contributed by atoms with E-state index in [1.165, 1.54) is 14.0 Å². The lowest BCUT2D eigenvalue weighted by atomic mass is 9.96. The number of anilines is 1. The molecule has 0 radical (unpaired) electrons. The summed E-state index contributed by atoms with van der Waals surface area (Å²) in [5.41, 5.74) is 0.540. The Bertz CT molecular complexity index is 591. The number of thiazole rings is 1. The van der Waals surface area contributed by atoms with E-state index in [-0.39, 0.29) is 17.7 Å². The molecule has 0 aliphatic carbocycles. The molecule has 2 heterocycles. The third kappa shape index (κ3) is 3.62. The molecule has 1 aromatic heterocycles. The molecular weight excluding hydrogens is 306 g/mol. The molecule has 0 atom stereocenters. The van der Waals surface area contributed by atoms with E-state index >= 15 is 0 Å². The van der Waals surface area contributed by atoms with Crippen LogP contribution in [0.1, 0.15) is 35.1 Å². The second kappa shape index (κ2) is 6.87. The largest absolute Gasteiger partial charge is 0.465 e. The summed E-state index contributed by atoms with van der Waals surface area (Å²) in [5, 5.41) is 3.15. The fourth-order valence-corrected chi connectivity index (χ4v) is 3.28. The molecule has 0 bridgehead atoms. The van der Waals surface area contributed by atoms with Crippen LogP contribution < -0.4 is 5.32 Å². The van der Waals surface area contributed by atoms with E-state index in [1.807, 2.05) is 0 Å². The zero-order valence-electron chi connectivity index (χ0n) is 12.8. The summed E-state index contributed by atoms with van der Waals surface area (Å²) in [6.07, 6.45) is 1.28. The number of carbonyl (C=O) groups excluding carboxylic acids is 3. The quantitative estimate of drug-likeness (QED) is 0.849. The maximum Gasteiger partial charge on any atom is 0.350 e. The van der Waals surface area contributed by atoms with Gasteiger partial charge in [0.25, 0.3) is 0 Å². The summed E-state index contributed by atoms with van der Waals surface area (Å²) in [5.74, 6) is -0.669. The van der Waals surface area contributed by atoms with Crippen LogP contribution in [0.25, 0.3) is 0 Å². The highest BCUT2D eigenvalue weighted by atomic mass is 32.1. The summed E-state index contributed by atoms with van der Waals surface area (Å²) < 4.78 is 4.67. The van der Waals surface area contributed by atoms with Gasteiger partial charge in [0, 0.05) is 25.9 Å². The van der Waals surface area contributed by atoms with E-state index in [4.69, 9.17) is 0 Å². The van der Waals surface area contributed by atoms with E-state index in [2.05, 4.69) is 15.0 Å². The second-order valence-electron chi connectivity index (χ2n) is 5.19. The molecule has 22 heavy (non-hydrogen) atoms. The summed E-state index contributed by atoms with van der Waals surface area (Å²) in [6.45, 7) is 4.42. The van der Waals surface area contributed by atoms with Crippen molar-refractivity contribution in [1.29, 1.82) is 0 Å². The molecule has 120 valence electrons. The number of nitrogens with zero attached hydrogens (tertiary/aromatic N) is 2. The minimum atomic E-state index is -0.453. The van der Waals surface area contributed by atoms with E-state index in [9.17, 15) is 14.4 Å². The van der Waals surface area contributed by atoms with Crippen molar-refractivity contribution in [3.05, 3.63) is 10.6 Å². The lowest BCUT2D eigenvalue weighted by Gasteiger charge is -2.30. The summed E-state index contributed by atoms with van der Waals surface area (Å²) in [7, 11) is 1.31. The predicted molar refractivity (Wildman–Crippen MR) is 81.8 cm³/mol. The van der Waals surface area contributed by atoms with Crippen LogP contribution in [0.5, 0.6) is 0 Å². The van der Waals surface area contributed by atoms with Crippen molar-refractivity contribution >= 4 is 34.3 Å². The fraction of sp³-hybridized carbons (Fsp3) is 0.571. The van der Waals surface area contributed by atoms with Crippen molar-refractivity contribution < 1.29 is 19.1 Å². The number of hydrogen-bond donors (Lipinski definition) is 1. The van der Waals surface area contributed by atoms with E-state index in [1.54, 1.807) is 11.8 Å². The molecule has 1 fully saturated rings. The molecule has 1 N–H and O–H groups in total. The van der Waals surface area contributed by atoms with Crippen molar-refractivity contribution in [2.24, 2.45) is 5.92 Å². The number of hydrogen-bond acceptors (Lipinski definition) is 6. The average molecular weight is 325 g/mol. The van der Waals surface area contributed by atoms with Gasteiger partial charge in [-0.2, -0.15) is 0 Å². The van der Waals surface area contributed by atoms with Gasteiger partial charge in [0.1, 0.15) is 4.88 Å². The Hall–Kier alpha value is -1.96. The van der Waals surface area contributed by atoms with Crippen molar-refractivity contribution in [3.63, 3.8) is 0 Å². The van der Waals surface area contributed by atoms with Crippen molar-refractivity contribution in [1.82, 2.24) is 9.88 Å². The minimum absolute atomic E-state index is 0.0390. The Balaban J connectivity index is 1.95. The molecule has 0 spiro atoms. The first-order valence-corrected chi connectivity index (χ1v) is 7.86. The van der Waals surface area contributed by atoms with E-state index < -0.39 is 5.97 Å². The number of rotatable bonds is 3. The Morgan fingerprint density at radius 1 is 1.32 bits per heavy atom. The number of amides is 2. The lowest BCUT2D eigenvalue weighted by Crippen LogP contribution is -2.40. The first-order valence-electron chi connectivity index (χ1n) is 7.04. The summed E-state index contributed by atoms with van der Waals surface area (Å²) in [6, 6.07) is 0. The SMILES string of the molecule is COC(=O)c1sc(NC(=O)C2CCN(C(C)=O)CC2)nc1C. The molecule has 0 saturated carbocycles. The van der Waals surface area contributed by atoms with Gasteiger partial charge in [-0.1, -0.05) is 11.3 Å². The maximum atomic E-state index is 12.2. The highest BCUT2D eigenvalue weighted by molar-refractivity contribution is 7.17. The number of methoxy groups -OCH3 is 1. The smallest absolute Gasteiger partial charge is 0.350 e. The van der Waals surface area contributed by atoms with Gasteiger partial charge in [-0.15, -0.1) is 0 Å². The molecule has 7 nitrogen and oxygen atoms in total. The Kier molecular flexibility index (Phi) is 5.12. The van der Waals surface area contributed by atoms with Crippen LogP contribution >= 0.6 is 11.3 Å². The topological polar surface area (TPSA) is 88.6 Å². The average Bonchev–Trinajstić information content (AvgIpc) is 2.87. The molecule has 0 unspecified atom stereocenters. The van der Waals surface area contributed by atoms with Crippen LogP contribution in [0, 0.1) is 12.8 Å². The standard InChI is InChI=1S/C14H19N3O4S/c1-8-11(13(20)21-3)22-14(15-8)16-12(19)10-4-6-17(7-5-10)9(2)18/h10H,4-7H2,1-3H3,(H,15,16,19). The van der Waals surface area contributed by atoms with Gasteiger partial charge in [0.2, 0.25) is 11.8 Å². The Labute approximate surface area is 132 Å². The monoisotopic (exact) mass is 325 g/mol. The van der Waals surface area contributed by atoms with Gasteiger partial charge in [0.15, 0.2) is 5.13 Å². The number of likely N-dealkylation sites (tertiary alicyclic amines) is 1. The molecule has 2 rings (SSSR count). The highest BCUT2D eigenvalue weighted by Crippen LogP contribution is 2.25. The summed E-state index contributed by atoms with van der Waals surface area (Å²) >= 11 is 1.11. The third-order valence-corrected chi connectivity index (χ3v) is 4.76. The maximum absolute atomic E-state index is 12.2. The molecule has 1 aromatic rings. The second-order valence-corrected chi connectivity index (χ2v) is 6.19. The first-order chi connectivity index (χ1) is 10.4. The molecule has 1 saturated heterocycles. The predicted octanol–water partition coefficient (Wildman–Crippen LogP) is 1.44. The van der Waals surface area contributed by atoms with Gasteiger partial charge >= 0.3 is 5.97 Å². The molecule has 1 aliphatic heterocycles. The Morgan fingerprint density at radius 3 is 2.50 bits per heavy atom. The van der Waals surface area contributed by atoms with Crippen LogP contribution in [0.4, 0.5) is 5.13 Å². The fourth-order valence-electron chi connectivity index (χ4n) is 2.40. The third-order valence-electron chi connectivity index (χ3n) is 3.71. The molecule has 0 aromatic carbocycles. The molecule has 8 heteroatoms. The van der Waals surface area contributed by atoms with Crippen molar-refractivity contribution in [3.8, 4) is 0 Å². The minimum Gasteiger partial charge on any atom is -0.465 e. The first kappa shape index (κ1) is 16.4. The van der Waals surface area contributed by atoms with Gasteiger partial charge in [-0.05, 0) is 19.8 Å². The van der Waals surface area contributed by atoms with Crippen LogP contribution in [0.2, 0.25) is 0 Å². The number of aromatic nitrogens is 1. The normalized spacial score (nSPS) is 15.5. The number of aryl methyl sites for hydroxylation is 1. The summed E-state index contributed by atoms with van der Waals surface area (Å²) in [4.78, 5) is 41.4. The van der Waals surface area contributed by atoms with Gasteiger partial charge in [-0.3, -0.25) is 9.59 Å². The zero-order valence-corrected chi connectivity index (χ0v) is 13.7. The molecule has 1 aliphatic rings. The van der Waals surface area contributed by atoms with Crippen LogP contribution in [0.15, 0.2) is 0 Å². The molecular formula is C14H19N3O4S. The van der Waals surface area contributed by atoms with Crippen LogP contribution in [-0.4, -0.2) is 47.9 Å². The van der Waals surface area contributed by atoms with Crippen LogP contribution in [0.3, 0.4) is 0 Å². The number of ether oxygens (including phenoxy) is 1. The van der Waals surface area contributed by atoms with E-state index in [0.717, 1.165) is 11.3 Å². The van der Waals surface area contributed by atoms with Gasteiger partial charge < -0.3 is 15.0 Å². The van der Waals surface area contributed by atoms with E-state index in [0.29, 0.717) is 41.6 Å². The molecule has 2 amide bonds. The van der Waals surface area contributed by atoms with Gasteiger partial charge in [0.05, 0.1) is 12.8 Å². The number of nitrogens with one attached hydrogen (secondary N) is 1. The number of piperidine rings is 1.